The third kappa shape index (κ3) is 3.84. The van der Waals surface area contributed by atoms with Gasteiger partial charge in [0.25, 0.3) is 0 Å². The molecule has 6 heteroatoms. The van der Waals surface area contributed by atoms with Crippen LogP contribution in [0, 0.1) is 0 Å². The first-order chi connectivity index (χ1) is 9.25. The van der Waals surface area contributed by atoms with Crippen LogP contribution in [-0.2, 0) is 5.41 Å². The summed E-state index contributed by atoms with van der Waals surface area (Å²) in [6.45, 7) is 6.19. The lowest BCUT2D eigenvalue weighted by Gasteiger charge is -2.18. The Morgan fingerprint density at radius 2 is 1.80 bits per heavy atom. The van der Waals surface area contributed by atoms with Crippen molar-refractivity contribution in [1.29, 1.82) is 0 Å². The van der Waals surface area contributed by atoms with Crippen LogP contribution in [0.2, 0.25) is 10.0 Å². The zero-order valence-corrected chi connectivity index (χ0v) is 14.4. The Morgan fingerprint density at radius 1 is 1.10 bits per heavy atom. The third-order valence-electron chi connectivity index (χ3n) is 2.56. The van der Waals surface area contributed by atoms with Crippen LogP contribution in [0.25, 0.3) is 0 Å². The number of nitrogens with zero attached hydrogens (tertiary/aromatic N) is 2. The van der Waals surface area contributed by atoms with Crippen LogP contribution < -0.4 is 5.32 Å². The summed E-state index contributed by atoms with van der Waals surface area (Å²) in [4.78, 5) is 8.91. The quantitative estimate of drug-likeness (QED) is 0.696. The van der Waals surface area contributed by atoms with Gasteiger partial charge < -0.3 is 5.32 Å². The van der Waals surface area contributed by atoms with Crippen molar-refractivity contribution in [3.63, 3.8) is 0 Å². The second-order valence-electron chi connectivity index (χ2n) is 5.40. The molecule has 3 nitrogen and oxygen atoms in total. The predicted molar refractivity (Wildman–Crippen MR) is 88.2 cm³/mol. The van der Waals surface area contributed by atoms with E-state index < -0.39 is 0 Å². The zero-order valence-electron chi connectivity index (χ0n) is 11.3. The van der Waals surface area contributed by atoms with Crippen molar-refractivity contribution in [2.75, 3.05) is 5.32 Å². The second-order valence-corrected chi connectivity index (χ2v) is 7.05. The van der Waals surface area contributed by atoms with E-state index in [1.807, 2.05) is 6.07 Å². The summed E-state index contributed by atoms with van der Waals surface area (Å²) in [7, 11) is 0. The Morgan fingerprint density at radius 3 is 2.40 bits per heavy atom. The van der Waals surface area contributed by atoms with Crippen molar-refractivity contribution in [1.82, 2.24) is 9.97 Å². The van der Waals surface area contributed by atoms with Crippen molar-refractivity contribution in [2.45, 2.75) is 26.2 Å². The molecule has 0 aliphatic carbocycles. The molecule has 1 N–H and O–H groups in total. The molecule has 1 aromatic heterocycles. The normalized spacial score (nSPS) is 11.5. The highest BCUT2D eigenvalue weighted by Gasteiger charge is 2.19. The van der Waals surface area contributed by atoms with Crippen molar-refractivity contribution < 1.29 is 0 Å². The number of rotatable bonds is 2. The molecule has 0 spiro atoms. The summed E-state index contributed by atoms with van der Waals surface area (Å²) in [6, 6.07) is 7.08. The topological polar surface area (TPSA) is 37.8 Å². The van der Waals surface area contributed by atoms with Gasteiger partial charge in [-0.3, -0.25) is 0 Å². The number of hydrogen-bond acceptors (Lipinski definition) is 3. The van der Waals surface area contributed by atoms with Gasteiger partial charge in [0.1, 0.15) is 16.2 Å². The summed E-state index contributed by atoms with van der Waals surface area (Å²) < 4.78 is 0.727. The van der Waals surface area contributed by atoms with E-state index in [-0.39, 0.29) is 5.41 Å². The van der Waals surface area contributed by atoms with E-state index in [0.717, 1.165) is 16.1 Å². The molecule has 0 saturated heterocycles. The molecule has 106 valence electrons. The Kier molecular flexibility index (Phi) is 4.57. The van der Waals surface area contributed by atoms with E-state index in [1.165, 1.54) is 0 Å². The SMILES string of the molecule is CC(C)(C)c1nc(Br)cc(Nc2ccc(Cl)cc2Cl)n1. The molecule has 0 radical (unpaired) electrons. The fourth-order valence-electron chi connectivity index (χ4n) is 1.55. The van der Waals surface area contributed by atoms with E-state index in [2.05, 4.69) is 52.0 Å². The summed E-state index contributed by atoms with van der Waals surface area (Å²) >= 11 is 15.4. The maximum absolute atomic E-state index is 6.15. The predicted octanol–water partition coefficient (Wildman–Crippen LogP) is 5.59. The third-order valence-corrected chi connectivity index (χ3v) is 3.51. The molecule has 0 saturated carbocycles. The monoisotopic (exact) mass is 373 g/mol. The molecular weight excluding hydrogens is 361 g/mol. The smallest absolute Gasteiger partial charge is 0.137 e. The summed E-state index contributed by atoms with van der Waals surface area (Å²) in [6.07, 6.45) is 0. The van der Waals surface area contributed by atoms with E-state index >= 15 is 0 Å². The molecule has 2 rings (SSSR count). The van der Waals surface area contributed by atoms with Gasteiger partial charge in [-0.25, -0.2) is 9.97 Å². The van der Waals surface area contributed by atoms with Crippen LogP contribution in [0.1, 0.15) is 26.6 Å². The Labute approximate surface area is 136 Å². The number of anilines is 2. The molecule has 20 heavy (non-hydrogen) atoms. The van der Waals surface area contributed by atoms with E-state index in [4.69, 9.17) is 23.2 Å². The zero-order chi connectivity index (χ0) is 14.9. The van der Waals surface area contributed by atoms with Crippen LogP contribution >= 0.6 is 39.1 Å². The fourth-order valence-corrected chi connectivity index (χ4v) is 2.39. The molecule has 0 unspecified atom stereocenters. The van der Waals surface area contributed by atoms with Crippen LogP contribution in [0.5, 0.6) is 0 Å². The average Bonchev–Trinajstić information content (AvgIpc) is 2.31. The van der Waals surface area contributed by atoms with Gasteiger partial charge in [-0.05, 0) is 34.1 Å². The van der Waals surface area contributed by atoms with E-state index in [0.29, 0.717) is 15.9 Å². The largest absolute Gasteiger partial charge is 0.339 e. The molecule has 2 aromatic rings. The number of halogens is 3. The Hall–Kier alpha value is -0.840. The lowest BCUT2D eigenvalue weighted by atomic mass is 9.96. The Balaban J connectivity index is 2.36. The van der Waals surface area contributed by atoms with Crippen LogP contribution in [0.3, 0.4) is 0 Å². The van der Waals surface area contributed by atoms with E-state index in [1.54, 1.807) is 18.2 Å². The van der Waals surface area contributed by atoms with Gasteiger partial charge >= 0.3 is 0 Å². The Bertz CT molecular complexity index is 639. The number of aromatic nitrogens is 2. The molecular formula is C14H14BrCl2N3. The lowest BCUT2D eigenvalue weighted by Crippen LogP contribution is -2.16. The first-order valence-electron chi connectivity index (χ1n) is 6.03. The van der Waals surface area contributed by atoms with Crippen LogP contribution in [0.4, 0.5) is 11.5 Å². The fraction of sp³-hybridized carbons (Fsp3) is 0.286. The van der Waals surface area contributed by atoms with E-state index in [9.17, 15) is 0 Å². The van der Waals surface area contributed by atoms with Crippen molar-refractivity contribution in [2.24, 2.45) is 0 Å². The first kappa shape index (κ1) is 15.5. The van der Waals surface area contributed by atoms with Gasteiger partial charge in [-0.1, -0.05) is 44.0 Å². The maximum Gasteiger partial charge on any atom is 0.137 e. The number of nitrogens with one attached hydrogen (secondary N) is 1. The maximum atomic E-state index is 6.15. The summed E-state index contributed by atoms with van der Waals surface area (Å²) in [5.41, 5.74) is 0.616. The number of hydrogen-bond donors (Lipinski definition) is 1. The minimum Gasteiger partial charge on any atom is -0.339 e. The van der Waals surface area contributed by atoms with Gasteiger partial charge in [-0.15, -0.1) is 0 Å². The van der Waals surface area contributed by atoms with Gasteiger partial charge in [0.15, 0.2) is 0 Å². The van der Waals surface area contributed by atoms with Crippen molar-refractivity contribution in [3.8, 4) is 0 Å². The van der Waals surface area contributed by atoms with Gasteiger partial charge in [0.2, 0.25) is 0 Å². The minimum absolute atomic E-state index is 0.135. The first-order valence-corrected chi connectivity index (χ1v) is 7.58. The van der Waals surface area contributed by atoms with Crippen LogP contribution in [-0.4, -0.2) is 9.97 Å². The summed E-state index contributed by atoms with van der Waals surface area (Å²) in [5.74, 6) is 1.43. The average molecular weight is 375 g/mol. The van der Waals surface area contributed by atoms with Gasteiger partial charge in [-0.2, -0.15) is 0 Å². The number of benzene rings is 1. The summed E-state index contributed by atoms with van der Waals surface area (Å²) in [5, 5.41) is 4.32. The molecule has 0 bridgehead atoms. The highest BCUT2D eigenvalue weighted by Crippen LogP contribution is 2.29. The molecule has 0 atom stereocenters. The van der Waals surface area contributed by atoms with Crippen molar-refractivity contribution in [3.05, 3.63) is 44.7 Å². The van der Waals surface area contributed by atoms with Gasteiger partial charge in [0.05, 0.1) is 10.7 Å². The molecule has 0 fully saturated rings. The second kappa shape index (κ2) is 5.88. The highest BCUT2D eigenvalue weighted by atomic mass is 79.9. The van der Waals surface area contributed by atoms with Crippen molar-refractivity contribution >= 4 is 50.6 Å². The molecule has 1 heterocycles. The molecule has 1 aromatic carbocycles. The van der Waals surface area contributed by atoms with Gasteiger partial charge in [0, 0.05) is 16.5 Å². The standard InChI is InChI=1S/C14H14BrCl2N3/c1-14(2,3)13-19-11(15)7-12(20-13)18-10-5-4-8(16)6-9(10)17/h4-7H,1-3H3,(H,18,19,20). The molecule has 0 aliphatic heterocycles. The molecule has 0 amide bonds. The lowest BCUT2D eigenvalue weighted by molar-refractivity contribution is 0.544. The highest BCUT2D eigenvalue weighted by molar-refractivity contribution is 9.10. The van der Waals surface area contributed by atoms with Crippen LogP contribution in [0.15, 0.2) is 28.9 Å². The minimum atomic E-state index is -0.135. The molecule has 0 aliphatic rings.